The van der Waals surface area contributed by atoms with Crippen molar-refractivity contribution in [3.05, 3.63) is 57.8 Å². The molecule has 94 valence electrons. The summed E-state index contributed by atoms with van der Waals surface area (Å²) in [6.07, 6.45) is 0. The van der Waals surface area contributed by atoms with E-state index in [2.05, 4.69) is 5.32 Å². The molecule has 0 saturated heterocycles. The molecule has 0 bridgehead atoms. The number of nitrogens with one attached hydrogen (secondary N) is 1. The second-order valence-electron chi connectivity index (χ2n) is 4.00. The van der Waals surface area contributed by atoms with Crippen LogP contribution in [0.25, 0.3) is 11.1 Å². The van der Waals surface area contributed by atoms with Gasteiger partial charge in [0.1, 0.15) is 5.82 Å². The minimum Gasteiger partial charge on any atom is -0.316 e. The highest BCUT2D eigenvalue weighted by Gasteiger charge is 2.07. The van der Waals surface area contributed by atoms with Crippen LogP contribution < -0.4 is 5.32 Å². The molecule has 0 aromatic heterocycles. The van der Waals surface area contributed by atoms with Crippen LogP contribution in [0, 0.1) is 5.82 Å². The van der Waals surface area contributed by atoms with Crippen molar-refractivity contribution in [2.24, 2.45) is 0 Å². The lowest BCUT2D eigenvalue weighted by atomic mass is 10.0. The van der Waals surface area contributed by atoms with Crippen LogP contribution in [0.2, 0.25) is 10.0 Å². The molecule has 0 heterocycles. The van der Waals surface area contributed by atoms with Gasteiger partial charge in [-0.25, -0.2) is 4.39 Å². The van der Waals surface area contributed by atoms with Gasteiger partial charge in [0, 0.05) is 22.2 Å². The first-order valence-corrected chi connectivity index (χ1v) is 6.25. The molecular formula is C14H12Cl2FN. The van der Waals surface area contributed by atoms with Gasteiger partial charge in [-0.05, 0) is 42.4 Å². The van der Waals surface area contributed by atoms with Gasteiger partial charge in [-0.3, -0.25) is 0 Å². The number of benzene rings is 2. The Morgan fingerprint density at radius 1 is 1.11 bits per heavy atom. The van der Waals surface area contributed by atoms with E-state index in [4.69, 9.17) is 23.2 Å². The van der Waals surface area contributed by atoms with E-state index in [1.807, 2.05) is 25.2 Å². The fraction of sp³-hybridized carbons (Fsp3) is 0.143. The maximum atomic E-state index is 13.3. The van der Waals surface area contributed by atoms with E-state index in [9.17, 15) is 4.39 Å². The van der Waals surface area contributed by atoms with Gasteiger partial charge in [0.15, 0.2) is 0 Å². The third-order valence-electron chi connectivity index (χ3n) is 2.59. The molecule has 0 atom stereocenters. The summed E-state index contributed by atoms with van der Waals surface area (Å²) in [6.45, 7) is 0.740. The van der Waals surface area contributed by atoms with Gasteiger partial charge in [0.05, 0.1) is 0 Å². The van der Waals surface area contributed by atoms with Crippen LogP contribution in [0.5, 0.6) is 0 Å². The van der Waals surface area contributed by atoms with Crippen LogP contribution in [0.4, 0.5) is 4.39 Å². The van der Waals surface area contributed by atoms with Gasteiger partial charge < -0.3 is 5.32 Å². The Kier molecular flexibility index (Phi) is 4.23. The SMILES string of the molecule is CNCc1ccc(-c2cc(F)cc(Cl)c2)c(Cl)c1. The maximum absolute atomic E-state index is 13.3. The Morgan fingerprint density at radius 3 is 2.50 bits per heavy atom. The lowest BCUT2D eigenvalue weighted by molar-refractivity contribution is 0.628. The minimum atomic E-state index is -0.368. The predicted octanol–water partition coefficient (Wildman–Crippen LogP) is 4.52. The number of hydrogen-bond donors (Lipinski definition) is 1. The van der Waals surface area contributed by atoms with Crippen molar-refractivity contribution in [2.75, 3.05) is 7.05 Å². The topological polar surface area (TPSA) is 12.0 Å². The Bertz CT molecular complexity index is 549. The van der Waals surface area contributed by atoms with Crippen LogP contribution >= 0.6 is 23.2 Å². The van der Waals surface area contributed by atoms with Crippen LogP contribution in [-0.4, -0.2) is 7.05 Å². The normalized spacial score (nSPS) is 10.7. The van der Waals surface area contributed by atoms with Gasteiger partial charge in [0.2, 0.25) is 0 Å². The lowest BCUT2D eigenvalue weighted by Gasteiger charge is -2.08. The summed E-state index contributed by atoms with van der Waals surface area (Å²) in [4.78, 5) is 0. The van der Waals surface area contributed by atoms with Crippen molar-refractivity contribution < 1.29 is 4.39 Å². The maximum Gasteiger partial charge on any atom is 0.125 e. The van der Waals surface area contributed by atoms with Crippen LogP contribution in [-0.2, 0) is 6.54 Å². The third kappa shape index (κ3) is 3.02. The summed E-state index contributed by atoms with van der Waals surface area (Å²) < 4.78 is 13.3. The first-order valence-electron chi connectivity index (χ1n) is 5.49. The summed E-state index contributed by atoms with van der Waals surface area (Å²) >= 11 is 12.1. The molecule has 0 spiro atoms. The van der Waals surface area contributed by atoms with Crippen molar-refractivity contribution in [3.8, 4) is 11.1 Å². The zero-order valence-corrected chi connectivity index (χ0v) is 11.3. The van der Waals surface area contributed by atoms with Crippen LogP contribution in [0.1, 0.15) is 5.56 Å². The second kappa shape index (κ2) is 5.70. The van der Waals surface area contributed by atoms with Gasteiger partial charge in [-0.2, -0.15) is 0 Å². The van der Waals surface area contributed by atoms with Gasteiger partial charge in [-0.1, -0.05) is 35.3 Å². The lowest BCUT2D eigenvalue weighted by Crippen LogP contribution is -2.04. The van der Waals surface area contributed by atoms with E-state index < -0.39 is 0 Å². The molecule has 0 fully saturated rings. The summed E-state index contributed by atoms with van der Waals surface area (Å²) in [6, 6.07) is 10.1. The third-order valence-corrected chi connectivity index (χ3v) is 3.12. The molecule has 1 N–H and O–H groups in total. The molecule has 0 saturated carbocycles. The smallest absolute Gasteiger partial charge is 0.125 e. The first-order chi connectivity index (χ1) is 8.60. The van der Waals surface area contributed by atoms with Crippen molar-refractivity contribution in [2.45, 2.75) is 6.54 Å². The fourth-order valence-corrected chi connectivity index (χ4v) is 2.35. The summed E-state index contributed by atoms with van der Waals surface area (Å²) in [5.41, 5.74) is 2.53. The highest BCUT2D eigenvalue weighted by molar-refractivity contribution is 6.34. The zero-order chi connectivity index (χ0) is 13.1. The number of halogens is 3. The molecule has 0 aliphatic heterocycles. The van der Waals surface area contributed by atoms with E-state index >= 15 is 0 Å². The van der Waals surface area contributed by atoms with E-state index in [1.54, 1.807) is 6.07 Å². The molecule has 0 aliphatic rings. The average Bonchev–Trinajstić information content (AvgIpc) is 2.28. The molecule has 18 heavy (non-hydrogen) atoms. The van der Waals surface area contributed by atoms with Crippen molar-refractivity contribution in [1.29, 1.82) is 0 Å². The summed E-state index contributed by atoms with van der Waals surface area (Å²) in [7, 11) is 1.87. The Balaban J connectivity index is 2.44. The number of hydrogen-bond acceptors (Lipinski definition) is 1. The van der Waals surface area contributed by atoms with E-state index in [1.165, 1.54) is 12.1 Å². The molecule has 2 aromatic rings. The van der Waals surface area contributed by atoms with Crippen molar-refractivity contribution >= 4 is 23.2 Å². The Labute approximate surface area is 116 Å². The van der Waals surface area contributed by atoms with E-state index in [-0.39, 0.29) is 5.82 Å². The van der Waals surface area contributed by atoms with E-state index in [0.29, 0.717) is 15.6 Å². The van der Waals surface area contributed by atoms with Gasteiger partial charge >= 0.3 is 0 Å². The Hall–Kier alpha value is -1.09. The molecular weight excluding hydrogens is 272 g/mol. The summed E-state index contributed by atoms with van der Waals surface area (Å²) in [5.74, 6) is -0.368. The standard InChI is InChI=1S/C14H12Cl2FN/c1-18-8-9-2-3-13(14(16)4-9)10-5-11(15)7-12(17)6-10/h2-7,18H,8H2,1H3. The monoisotopic (exact) mass is 283 g/mol. The van der Waals surface area contributed by atoms with Gasteiger partial charge in [0.25, 0.3) is 0 Å². The first kappa shape index (κ1) is 13.3. The second-order valence-corrected chi connectivity index (χ2v) is 4.85. The highest BCUT2D eigenvalue weighted by Crippen LogP contribution is 2.31. The molecule has 0 aliphatic carbocycles. The molecule has 0 radical (unpaired) electrons. The molecule has 2 aromatic carbocycles. The van der Waals surface area contributed by atoms with Crippen molar-refractivity contribution in [3.63, 3.8) is 0 Å². The largest absolute Gasteiger partial charge is 0.316 e. The molecule has 4 heteroatoms. The van der Waals surface area contributed by atoms with Crippen LogP contribution in [0.3, 0.4) is 0 Å². The fourth-order valence-electron chi connectivity index (χ4n) is 1.82. The van der Waals surface area contributed by atoms with Crippen LogP contribution in [0.15, 0.2) is 36.4 Å². The minimum absolute atomic E-state index is 0.361. The van der Waals surface area contributed by atoms with Crippen molar-refractivity contribution in [1.82, 2.24) is 5.32 Å². The molecule has 0 unspecified atom stereocenters. The zero-order valence-electron chi connectivity index (χ0n) is 9.81. The molecule has 1 nitrogen and oxygen atoms in total. The van der Waals surface area contributed by atoms with E-state index in [0.717, 1.165) is 17.7 Å². The summed E-state index contributed by atoms with van der Waals surface area (Å²) in [5, 5.41) is 4.00. The average molecular weight is 284 g/mol. The van der Waals surface area contributed by atoms with Gasteiger partial charge in [-0.15, -0.1) is 0 Å². The predicted molar refractivity (Wildman–Crippen MR) is 74.6 cm³/mol. The number of rotatable bonds is 3. The quantitative estimate of drug-likeness (QED) is 0.873. The highest BCUT2D eigenvalue weighted by atomic mass is 35.5. The Morgan fingerprint density at radius 2 is 1.89 bits per heavy atom. The molecule has 0 amide bonds. The molecule has 2 rings (SSSR count).